The minimum atomic E-state index is 1.03. The molecule has 4 nitrogen and oxygen atoms in total. The fourth-order valence-corrected chi connectivity index (χ4v) is 2.87. The van der Waals surface area contributed by atoms with E-state index in [1.54, 1.807) is 6.33 Å². The molecule has 0 saturated carbocycles. The molecule has 0 aromatic carbocycles. The maximum absolute atomic E-state index is 4.39. The summed E-state index contributed by atoms with van der Waals surface area (Å²) in [4.78, 5) is 10.9. The molecule has 0 fully saturated rings. The normalized spacial score (nSPS) is 15.7. The van der Waals surface area contributed by atoms with Crippen molar-refractivity contribution in [2.24, 2.45) is 0 Å². The first-order chi connectivity index (χ1) is 7.27. The van der Waals surface area contributed by atoms with E-state index in [-0.39, 0.29) is 0 Å². The molecule has 0 spiro atoms. The third-order valence-electron chi connectivity index (χ3n) is 2.90. The summed E-state index contributed by atoms with van der Waals surface area (Å²) in [5.74, 6) is 1.07. The second kappa shape index (κ2) is 3.33. The van der Waals surface area contributed by atoms with E-state index in [2.05, 4.69) is 53.8 Å². The molecule has 0 unspecified atom stereocenters. The minimum absolute atomic E-state index is 1.03. The molecule has 2 aromatic rings. The van der Waals surface area contributed by atoms with Gasteiger partial charge in [-0.25, -0.2) is 9.97 Å². The highest BCUT2D eigenvalue weighted by molar-refractivity contribution is 14.1. The molecule has 2 aromatic heterocycles. The Balaban J connectivity index is 2.41. The molecule has 3 heterocycles. The number of aromatic nitrogens is 3. The van der Waals surface area contributed by atoms with E-state index in [0.29, 0.717) is 0 Å². The van der Waals surface area contributed by atoms with Crippen molar-refractivity contribution in [1.82, 2.24) is 12.7 Å². The zero-order valence-electron chi connectivity index (χ0n) is 8.44. The van der Waals surface area contributed by atoms with Gasteiger partial charge in [0.1, 0.15) is 12.1 Å². The van der Waals surface area contributed by atoms with Crippen LogP contribution in [0.2, 0.25) is 0 Å². The fraction of sp³-hybridized carbons (Fsp3) is 0.400. The highest BCUT2D eigenvalue weighted by Gasteiger charge is 2.19. The maximum atomic E-state index is 4.39. The summed E-state index contributed by atoms with van der Waals surface area (Å²) in [6, 6.07) is 0. The van der Waals surface area contributed by atoms with Crippen molar-refractivity contribution in [2.75, 3.05) is 18.5 Å². The number of hydrogen-bond donors (Lipinski definition) is 0. The van der Waals surface area contributed by atoms with Crippen molar-refractivity contribution < 1.29 is 0 Å². The molecular formula is C10H11IN4. The molecule has 0 bridgehead atoms. The summed E-state index contributed by atoms with van der Waals surface area (Å²) in [5, 5.41) is 1.23. The SMILES string of the molecule is CN1CCCc2cn(I)c3ncnc1c23. The summed E-state index contributed by atoms with van der Waals surface area (Å²) in [5.41, 5.74) is 2.41. The first kappa shape index (κ1) is 9.38. The number of nitrogens with zero attached hydrogens (tertiary/aromatic N) is 4. The highest BCUT2D eigenvalue weighted by atomic mass is 127. The Morgan fingerprint density at radius 3 is 3.13 bits per heavy atom. The predicted octanol–water partition coefficient (Wildman–Crippen LogP) is 2.01. The molecule has 0 saturated heterocycles. The number of halogens is 1. The summed E-state index contributed by atoms with van der Waals surface area (Å²) >= 11 is 2.27. The summed E-state index contributed by atoms with van der Waals surface area (Å²) < 4.78 is 2.06. The van der Waals surface area contributed by atoms with Crippen LogP contribution < -0.4 is 4.90 Å². The lowest BCUT2D eigenvalue weighted by Crippen LogP contribution is -2.18. The molecule has 0 amide bonds. The van der Waals surface area contributed by atoms with Crippen molar-refractivity contribution in [3.8, 4) is 0 Å². The van der Waals surface area contributed by atoms with Crippen LogP contribution in [0.5, 0.6) is 0 Å². The van der Waals surface area contributed by atoms with Gasteiger partial charge in [-0.05, 0) is 18.4 Å². The highest BCUT2D eigenvalue weighted by Crippen LogP contribution is 2.31. The largest absolute Gasteiger partial charge is 0.359 e. The Hall–Kier alpha value is -0.850. The van der Waals surface area contributed by atoms with Gasteiger partial charge in [0.15, 0.2) is 5.65 Å². The van der Waals surface area contributed by atoms with Gasteiger partial charge in [0.25, 0.3) is 0 Å². The van der Waals surface area contributed by atoms with Crippen molar-refractivity contribution in [3.63, 3.8) is 0 Å². The number of anilines is 1. The second-order valence-corrected chi connectivity index (χ2v) is 4.93. The van der Waals surface area contributed by atoms with Crippen molar-refractivity contribution in [1.29, 1.82) is 0 Å². The third-order valence-corrected chi connectivity index (χ3v) is 3.64. The van der Waals surface area contributed by atoms with Crippen LogP contribution in [0.3, 0.4) is 0 Å². The molecule has 78 valence electrons. The molecule has 0 atom stereocenters. The molecule has 3 rings (SSSR count). The second-order valence-electron chi connectivity index (χ2n) is 3.89. The Bertz CT molecular complexity index is 519. The fourth-order valence-electron chi connectivity index (χ4n) is 2.17. The number of aryl methyl sites for hydroxylation is 1. The molecule has 0 radical (unpaired) electrons. The van der Waals surface area contributed by atoms with Gasteiger partial charge in [0, 0.05) is 19.8 Å². The average molecular weight is 314 g/mol. The lowest BCUT2D eigenvalue weighted by Gasteiger charge is -2.15. The van der Waals surface area contributed by atoms with Crippen molar-refractivity contribution in [3.05, 3.63) is 18.1 Å². The van der Waals surface area contributed by atoms with E-state index < -0.39 is 0 Å². The van der Waals surface area contributed by atoms with Gasteiger partial charge in [-0.3, -0.25) is 2.78 Å². The van der Waals surface area contributed by atoms with Crippen LogP contribution in [0.4, 0.5) is 5.82 Å². The number of hydrogen-bond acceptors (Lipinski definition) is 3. The van der Waals surface area contributed by atoms with Crippen LogP contribution in [-0.4, -0.2) is 26.3 Å². The Morgan fingerprint density at radius 2 is 2.27 bits per heavy atom. The van der Waals surface area contributed by atoms with E-state index >= 15 is 0 Å². The maximum Gasteiger partial charge on any atom is 0.154 e. The van der Waals surface area contributed by atoms with Gasteiger partial charge in [-0.2, -0.15) is 0 Å². The zero-order chi connectivity index (χ0) is 10.4. The minimum Gasteiger partial charge on any atom is -0.359 e. The van der Waals surface area contributed by atoms with Gasteiger partial charge in [-0.15, -0.1) is 0 Å². The standard InChI is InChI=1S/C10H11IN4/c1-14-4-2-3-7-5-15(11)10-8(7)9(14)12-6-13-10/h5-6H,2-4H2,1H3. The van der Waals surface area contributed by atoms with Gasteiger partial charge >= 0.3 is 0 Å². The molecule has 0 aliphatic carbocycles. The van der Waals surface area contributed by atoms with Crippen LogP contribution in [0.1, 0.15) is 12.0 Å². The van der Waals surface area contributed by atoms with Crippen LogP contribution in [0, 0.1) is 0 Å². The first-order valence-electron chi connectivity index (χ1n) is 4.99. The molecule has 1 aliphatic heterocycles. The predicted molar refractivity (Wildman–Crippen MR) is 68.5 cm³/mol. The van der Waals surface area contributed by atoms with Crippen LogP contribution in [-0.2, 0) is 6.42 Å². The van der Waals surface area contributed by atoms with Gasteiger partial charge in [-0.1, -0.05) is 0 Å². The van der Waals surface area contributed by atoms with E-state index in [0.717, 1.165) is 24.4 Å². The molecule has 0 N–H and O–H groups in total. The van der Waals surface area contributed by atoms with E-state index in [4.69, 9.17) is 0 Å². The topological polar surface area (TPSA) is 34.0 Å². The van der Waals surface area contributed by atoms with E-state index in [9.17, 15) is 0 Å². The monoisotopic (exact) mass is 314 g/mol. The van der Waals surface area contributed by atoms with Crippen molar-refractivity contribution >= 4 is 39.7 Å². The van der Waals surface area contributed by atoms with Gasteiger partial charge in [0.2, 0.25) is 0 Å². The van der Waals surface area contributed by atoms with Gasteiger partial charge in [0.05, 0.1) is 28.3 Å². The summed E-state index contributed by atoms with van der Waals surface area (Å²) in [6.07, 6.45) is 6.13. The quantitative estimate of drug-likeness (QED) is 0.698. The van der Waals surface area contributed by atoms with Crippen LogP contribution in [0.15, 0.2) is 12.5 Å². The van der Waals surface area contributed by atoms with Crippen LogP contribution >= 0.6 is 22.9 Å². The Morgan fingerprint density at radius 1 is 1.40 bits per heavy atom. The van der Waals surface area contributed by atoms with Crippen molar-refractivity contribution in [2.45, 2.75) is 12.8 Å². The first-order valence-corrected chi connectivity index (χ1v) is 5.96. The molecule has 5 heteroatoms. The lowest BCUT2D eigenvalue weighted by molar-refractivity contribution is 0.793. The molecular weight excluding hydrogens is 303 g/mol. The Kier molecular flexibility index (Phi) is 2.08. The smallest absolute Gasteiger partial charge is 0.154 e. The van der Waals surface area contributed by atoms with E-state index in [1.165, 1.54) is 17.4 Å². The van der Waals surface area contributed by atoms with Crippen LogP contribution in [0.25, 0.3) is 11.0 Å². The number of rotatable bonds is 0. The third kappa shape index (κ3) is 1.32. The molecule has 15 heavy (non-hydrogen) atoms. The lowest BCUT2D eigenvalue weighted by atomic mass is 10.1. The Labute approximate surface area is 102 Å². The summed E-state index contributed by atoms with van der Waals surface area (Å²) in [7, 11) is 2.10. The summed E-state index contributed by atoms with van der Waals surface area (Å²) in [6.45, 7) is 1.07. The average Bonchev–Trinajstić information content (AvgIpc) is 2.46. The zero-order valence-corrected chi connectivity index (χ0v) is 10.6. The molecule has 1 aliphatic rings. The van der Waals surface area contributed by atoms with Gasteiger partial charge < -0.3 is 4.90 Å². The van der Waals surface area contributed by atoms with E-state index in [1.807, 2.05) is 0 Å².